The predicted octanol–water partition coefficient (Wildman–Crippen LogP) is 4.24. The number of hydrogen-bond acceptors (Lipinski definition) is 4. The number of aryl methyl sites for hydroxylation is 2. The van der Waals surface area contributed by atoms with Gasteiger partial charge in [0.2, 0.25) is 0 Å². The van der Waals surface area contributed by atoms with Gasteiger partial charge in [0.05, 0.1) is 7.11 Å². The Bertz CT molecular complexity index is 716. The molecular formula is C20H24O4. The SMILES string of the molecule is COc1ccc(CCc2cc(O)cc(OCC=C(C)C)c2)cc1O. The zero-order valence-corrected chi connectivity index (χ0v) is 14.4. The zero-order chi connectivity index (χ0) is 17.5. The lowest BCUT2D eigenvalue weighted by Gasteiger charge is -2.09. The summed E-state index contributed by atoms with van der Waals surface area (Å²) in [5.74, 6) is 1.44. The molecule has 0 aliphatic carbocycles. The van der Waals surface area contributed by atoms with E-state index in [9.17, 15) is 10.2 Å². The van der Waals surface area contributed by atoms with Crippen LogP contribution in [-0.4, -0.2) is 23.9 Å². The average molecular weight is 328 g/mol. The maximum Gasteiger partial charge on any atom is 0.160 e. The lowest BCUT2D eigenvalue weighted by atomic mass is 10.0. The van der Waals surface area contributed by atoms with Gasteiger partial charge >= 0.3 is 0 Å². The van der Waals surface area contributed by atoms with Crippen molar-refractivity contribution in [3.63, 3.8) is 0 Å². The number of rotatable bonds is 7. The molecule has 2 aromatic carbocycles. The summed E-state index contributed by atoms with van der Waals surface area (Å²) in [7, 11) is 1.53. The molecule has 2 rings (SSSR count). The molecule has 24 heavy (non-hydrogen) atoms. The first-order chi connectivity index (χ1) is 11.5. The average Bonchev–Trinajstić information content (AvgIpc) is 2.52. The van der Waals surface area contributed by atoms with E-state index < -0.39 is 0 Å². The van der Waals surface area contributed by atoms with Gasteiger partial charge in [-0.05, 0) is 68.2 Å². The maximum absolute atomic E-state index is 9.86. The van der Waals surface area contributed by atoms with Crippen molar-refractivity contribution in [3.05, 3.63) is 59.2 Å². The summed E-state index contributed by atoms with van der Waals surface area (Å²) in [4.78, 5) is 0. The van der Waals surface area contributed by atoms with E-state index >= 15 is 0 Å². The molecular weight excluding hydrogens is 304 g/mol. The summed E-state index contributed by atoms with van der Waals surface area (Å²) < 4.78 is 10.7. The third-order valence-corrected chi connectivity index (χ3v) is 3.64. The van der Waals surface area contributed by atoms with E-state index in [1.165, 1.54) is 12.7 Å². The van der Waals surface area contributed by atoms with Crippen molar-refractivity contribution in [2.45, 2.75) is 26.7 Å². The zero-order valence-electron chi connectivity index (χ0n) is 14.4. The second kappa shape index (κ2) is 8.29. The van der Waals surface area contributed by atoms with Crippen molar-refractivity contribution in [2.24, 2.45) is 0 Å². The van der Waals surface area contributed by atoms with Crippen LogP contribution in [0.3, 0.4) is 0 Å². The van der Waals surface area contributed by atoms with Crippen molar-refractivity contribution >= 4 is 0 Å². The number of allylic oxidation sites excluding steroid dienone is 1. The molecule has 4 heteroatoms. The van der Waals surface area contributed by atoms with Crippen LogP contribution in [0.5, 0.6) is 23.0 Å². The molecule has 0 aliphatic rings. The number of benzene rings is 2. The quantitative estimate of drug-likeness (QED) is 0.747. The minimum Gasteiger partial charge on any atom is -0.508 e. The van der Waals surface area contributed by atoms with Crippen molar-refractivity contribution in [1.82, 2.24) is 0 Å². The van der Waals surface area contributed by atoms with Gasteiger partial charge in [0, 0.05) is 6.07 Å². The molecule has 0 amide bonds. The Morgan fingerprint density at radius 1 is 1.00 bits per heavy atom. The number of methoxy groups -OCH3 is 1. The number of hydrogen-bond donors (Lipinski definition) is 2. The number of ether oxygens (including phenoxy) is 2. The van der Waals surface area contributed by atoms with Crippen LogP contribution in [0.4, 0.5) is 0 Å². The molecule has 0 saturated carbocycles. The van der Waals surface area contributed by atoms with Crippen molar-refractivity contribution in [1.29, 1.82) is 0 Å². The monoisotopic (exact) mass is 328 g/mol. The molecule has 0 heterocycles. The highest BCUT2D eigenvalue weighted by atomic mass is 16.5. The molecule has 0 aromatic heterocycles. The fourth-order valence-corrected chi connectivity index (χ4v) is 2.36. The van der Waals surface area contributed by atoms with Gasteiger partial charge in [-0.1, -0.05) is 11.6 Å². The van der Waals surface area contributed by atoms with Crippen LogP contribution >= 0.6 is 0 Å². The highest BCUT2D eigenvalue weighted by Crippen LogP contribution is 2.27. The van der Waals surface area contributed by atoms with Gasteiger partial charge in [-0.25, -0.2) is 0 Å². The Balaban J connectivity index is 2.02. The highest BCUT2D eigenvalue weighted by molar-refractivity contribution is 5.42. The summed E-state index contributed by atoms with van der Waals surface area (Å²) in [6.45, 7) is 4.51. The summed E-state index contributed by atoms with van der Waals surface area (Å²) >= 11 is 0. The minimum absolute atomic E-state index is 0.136. The van der Waals surface area contributed by atoms with Crippen LogP contribution in [0, 0.1) is 0 Å². The highest BCUT2D eigenvalue weighted by Gasteiger charge is 2.05. The molecule has 2 N–H and O–H groups in total. The van der Waals surface area contributed by atoms with Crippen molar-refractivity contribution in [3.8, 4) is 23.0 Å². The van der Waals surface area contributed by atoms with Crippen molar-refractivity contribution < 1.29 is 19.7 Å². The topological polar surface area (TPSA) is 58.9 Å². The third kappa shape index (κ3) is 5.23. The smallest absolute Gasteiger partial charge is 0.160 e. The summed E-state index contributed by atoms with van der Waals surface area (Å²) in [6, 6.07) is 10.7. The fraction of sp³-hybridized carbons (Fsp3) is 0.300. The van der Waals surface area contributed by atoms with Crippen LogP contribution in [0.15, 0.2) is 48.0 Å². The van der Waals surface area contributed by atoms with Gasteiger partial charge in [-0.15, -0.1) is 0 Å². The Morgan fingerprint density at radius 3 is 2.42 bits per heavy atom. The summed E-state index contributed by atoms with van der Waals surface area (Å²) in [5.41, 5.74) is 3.18. The molecule has 0 unspecified atom stereocenters. The summed E-state index contributed by atoms with van der Waals surface area (Å²) in [6.07, 6.45) is 3.47. The van der Waals surface area contributed by atoms with Gasteiger partial charge in [-0.3, -0.25) is 0 Å². The standard InChI is InChI=1S/C20H24O4/c1-14(2)8-9-24-18-11-16(10-17(21)13-18)5-4-15-6-7-20(23-3)19(22)12-15/h6-8,10-13,21-22H,4-5,9H2,1-3H3. The first-order valence-electron chi connectivity index (χ1n) is 7.93. The predicted molar refractivity (Wildman–Crippen MR) is 95.1 cm³/mol. The van der Waals surface area contributed by atoms with Crippen LogP contribution in [0.1, 0.15) is 25.0 Å². The van der Waals surface area contributed by atoms with Crippen LogP contribution in [0.2, 0.25) is 0 Å². The Hall–Kier alpha value is -2.62. The normalized spacial score (nSPS) is 10.3. The van der Waals surface area contributed by atoms with Gasteiger partial charge in [0.25, 0.3) is 0 Å². The molecule has 2 aromatic rings. The lowest BCUT2D eigenvalue weighted by molar-refractivity contribution is 0.358. The van der Waals surface area contributed by atoms with Gasteiger partial charge in [-0.2, -0.15) is 0 Å². The van der Waals surface area contributed by atoms with E-state index in [2.05, 4.69) is 0 Å². The third-order valence-electron chi connectivity index (χ3n) is 3.64. The molecule has 128 valence electrons. The van der Waals surface area contributed by atoms with Crippen LogP contribution < -0.4 is 9.47 Å². The van der Waals surface area contributed by atoms with Crippen LogP contribution in [0.25, 0.3) is 0 Å². The van der Waals surface area contributed by atoms with E-state index in [1.54, 1.807) is 24.3 Å². The lowest BCUT2D eigenvalue weighted by Crippen LogP contribution is -1.97. The van der Waals surface area contributed by atoms with Gasteiger partial charge in [0.1, 0.15) is 18.1 Å². The second-order valence-electron chi connectivity index (χ2n) is 5.93. The molecule has 0 fully saturated rings. The van der Waals surface area contributed by atoms with E-state index in [-0.39, 0.29) is 11.5 Å². The van der Waals surface area contributed by atoms with E-state index in [1.807, 2.05) is 32.1 Å². The molecule has 0 atom stereocenters. The van der Waals surface area contributed by atoms with E-state index in [0.717, 1.165) is 24.0 Å². The minimum atomic E-state index is 0.136. The number of aromatic hydroxyl groups is 2. The Morgan fingerprint density at radius 2 is 1.75 bits per heavy atom. The fourth-order valence-electron chi connectivity index (χ4n) is 2.36. The number of phenolic OH excluding ortho intramolecular Hbond substituents is 2. The first kappa shape index (κ1) is 17.7. The maximum atomic E-state index is 9.86. The molecule has 0 spiro atoms. The molecule has 0 bridgehead atoms. The molecule has 0 radical (unpaired) electrons. The molecule has 0 aliphatic heterocycles. The largest absolute Gasteiger partial charge is 0.508 e. The summed E-state index contributed by atoms with van der Waals surface area (Å²) in [5, 5.41) is 19.7. The second-order valence-corrected chi connectivity index (χ2v) is 5.93. The Labute approximate surface area is 143 Å². The van der Waals surface area contributed by atoms with Gasteiger partial charge < -0.3 is 19.7 Å². The van der Waals surface area contributed by atoms with Crippen molar-refractivity contribution in [2.75, 3.05) is 13.7 Å². The van der Waals surface area contributed by atoms with Gasteiger partial charge in [0.15, 0.2) is 11.5 Å². The molecule has 4 nitrogen and oxygen atoms in total. The first-order valence-corrected chi connectivity index (χ1v) is 7.93. The molecule has 0 saturated heterocycles. The Kier molecular flexibility index (Phi) is 6.13. The van der Waals surface area contributed by atoms with E-state index in [0.29, 0.717) is 18.1 Å². The van der Waals surface area contributed by atoms with E-state index in [4.69, 9.17) is 9.47 Å². The van der Waals surface area contributed by atoms with Crippen LogP contribution in [-0.2, 0) is 12.8 Å². The number of phenols is 2.